The van der Waals surface area contributed by atoms with Crippen LogP contribution in [0.25, 0.3) is 0 Å². The van der Waals surface area contributed by atoms with Crippen molar-refractivity contribution in [1.29, 1.82) is 0 Å². The number of hydrogen-bond acceptors (Lipinski definition) is 5. The fourth-order valence-corrected chi connectivity index (χ4v) is 3.60. The molecule has 2 aromatic rings. The molecule has 7 nitrogen and oxygen atoms in total. The van der Waals surface area contributed by atoms with E-state index in [1.165, 1.54) is 12.5 Å². The number of carbonyl (C=O) groups excluding carboxylic acids is 2. The molecule has 7 heteroatoms. The molecule has 0 N–H and O–H groups in total. The Hall–Kier alpha value is -2.83. The average Bonchev–Trinajstić information content (AvgIpc) is 3.41. The van der Waals surface area contributed by atoms with Crippen LogP contribution in [0.15, 0.2) is 41.3 Å². The molecule has 0 atom stereocenters. The highest BCUT2D eigenvalue weighted by atomic mass is 16.3. The fourth-order valence-electron chi connectivity index (χ4n) is 3.60. The van der Waals surface area contributed by atoms with Gasteiger partial charge in [-0.15, -0.1) is 0 Å². The molecule has 2 fully saturated rings. The second-order valence-corrected chi connectivity index (χ2v) is 6.67. The largest absolute Gasteiger partial charge is 0.472 e. The number of piperazine rings is 1. The van der Waals surface area contributed by atoms with Gasteiger partial charge in [0.2, 0.25) is 0 Å². The predicted molar refractivity (Wildman–Crippen MR) is 96.2 cm³/mol. The van der Waals surface area contributed by atoms with Gasteiger partial charge in [0, 0.05) is 45.5 Å². The number of hydrogen-bond donors (Lipinski definition) is 0. The molecule has 0 spiro atoms. The van der Waals surface area contributed by atoms with Gasteiger partial charge in [0.15, 0.2) is 0 Å². The second-order valence-electron chi connectivity index (χ2n) is 6.67. The van der Waals surface area contributed by atoms with Crippen molar-refractivity contribution < 1.29 is 14.0 Å². The Balaban J connectivity index is 1.43. The topological polar surface area (TPSA) is 69.9 Å². The minimum absolute atomic E-state index is 0.00425. The van der Waals surface area contributed by atoms with E-state index >= 15 is 0 Å². The van der Waals surface area contributed by atoms with E-state index in [0.717, 1.165) is 31.7 Å². The molecule has 26 heavy (non-hydrogen) atoms. The lowest BCUT2D eigenvalue weighted by atomic mass is 10.2. The quantitative estimate of drug-likeness (QED) is 0.842. The van der Waals surface area contributed by atoms with Crippen LogP contribution in [0.5, 0.6) is 0 Å². The van der Waals surface area contributed by atoms with E-state index in [1.54, 1.807) is 17.2 Å². The third-order valence-corrected chi connectivity index (χ3v) is 5.04. The normalized spacial score (nSPS) is 17.6. The summed E-state index contributed by atoms with van der Waals surface area (Å²) in [5, 5.41) is 0. The highest BCUT2D eigenvalue weighted by Gasteiger charge is 2.28. The minimum Gasteiger partial charge on any atom is -0.472 e. The Labute approximate surface area is 152 Å². The van der Waals surface area contributed by atoms with E-state index in [0.29, 0.717) is 37.3 Å². The van der Waals surface area contributed by atoms with Gasteiger partial charge in [-0.1, -0.05) is 0 Å². The Bertz CT molecular complexity index is 776. The Morgan fingerprint density at radius 3 is 2.27 bits per heavy atom. The number of nitrogens with zero attached hydrogens (tertiary/aromatic N) is 4. The van der Waals surface area contributed by atoms with E-state index in [2.05, 4.69) is 9.88 Å². The molecule has 0 aliphatic carbocycles. The maximum absolute atomic E-state index is 13.0. The molecule has 2 aromatic heterocycles. The van der Waals surface area contributed by atoms with Crippen LogP contribution in [0.1, 0.15) is 33.6 Å². The summed E-state index contributed by atoms with van der Waals surface area (Å²) < 4.78 is 4.98. The van der Waals surface area contributed by atoms with Gasteiger partial charge in [0.05, 0.1) is 17.4 Å². The minimum atomic E-state index is -0.0509. The summed E-state index contributed by atoms with van der Waals surface area (Å²) >= 11 is 0. The standard InChI is InChI=1S/C19H22N4O3/c24-18(15-5-13-26-14-15)22-9-11-23(12-10-22)19(25)16-4-3-6-20-17(16)21-7-1-2-8-21/h3-6,13-14H,1-2,7-12H2. The number of furan rings is 1. The van der Waals surface area contributed by atoms with E-state index in [9.17, 15) is 9.59 Å². The highest BCUT2D eigenvalue weighted by molar-refractivity contribution is 5.99. The van der Waals surface area contributed by atoms with Gasteiger partial charge in [-0.25, -0.2) is 4.98 Å². The SMILES string of the molecule is O=C(c1ccoc1)N1CCN(C(=O)c2cccnc2N2CCCC2)CC1. The summed E-state index contributed by atoms with van der Waals surface area (Å²) in [4.78, 5) is 35.6. The van der Waals surface area contributed by atoms with Gasteiger partial charge in [-0.2, -0.15) is 0 Å². The average molecular weight is 354 g/mol. The Morgan fingerprint density at radius 2 is 1.62 bits per heavy atom. The van der Waals surface area contributed by atoms with Crippen LogP contribution in [-0.4, -0.2) is 65.9 Å². The van der Waals surface area contributed by atoms with Gasteiger partial charge in [0.1, 0.15) is 12.1 Å². The van der Waals surface area contributed by atoms with Gasteiger partial charge in [-0.3, -0.25) is 9.59 Å². The smallest absolute Gasteiger partial charge is 0.257 e. The second kappa shape index (κ2) is 7.19. The van der Waals surface area contributed by atoms with Crippen molar-refractivity contribution in [3.05, 3.63) is 48.0 Å². The molecule has 0 radical (unpaired) electrons. The summed E-state index contributed by atoms with van der Waals surface area (Å²) in [6, 6.07) is 5.33. The first-order valence-electron chi connectivity index (χ1n) is 9.05. The predicted octanol–water partition coefficient (Wildman–Crippen LogP) is 1.87. The highest BCUT2D eigenvalue weighted by Crippen LogP contribution is 2.23. The van der Waals surface area contributed by atoms with Crippen LogP contribution >= 0.6 is 0 Å². The number of aromatic nitrogens is 1. The number of pyridine rings is 1. The van der Waals surface area contributed by atoms with Crippen LogP contribution in [0, 0.1) is 0 Å². The molecule has 2 amide bonds. The Kier molecular flexibility index (Phi) is 4.60. The van der Waals surface area contributed by atoms with E-state index in [1.807, 2.05) is 17.0 Å². The summed E-state index contributed by atoms with van der Waals surface area (Å²) in [6.07, 6.45) is 6.97. The molecular formula is C19H22N4O3. The number of rotatable bonds is 3. The van der Waals surface area contributed by atoms with E-state index < -0.39 is 0 Å². The van der Waals surface area contributed by atoms with Gasteiger partial charge in [0.25, 0.3) is 11.8 Å². The van der Waals surface area contributed by atoms with Crippen molar-refractivity contribution in [2.45, 2.75) is 12.8 Å². The lowest BCUT2D eigenvalue weighted by Gasteiger charge is -2.35. The maximum Gasteiger partial charge on any atom is 0.257 e. The monoisotopic (exact) mass is 354 g/mol. The number of carbonyl (C=O) groups is 2. The van der Waals surface area contributed by atoms with Gasteiger partial charge in [-0.05, 0) is 31.0 Å². The molecular weight excluding hydrogens is 332 g/mol. The van der Waals surface area contributed by atoms with Gasteiger partial charge < -0.3 is 19.1 Å². The Morgan fingerprint density at radius 1 is 0.923 bits per heavy atom. The van der Waals surface area contributed by atoms with Crippen LogP contribution in [-0.2, 0) is 0 Å². The molecule has 2 aliphatic rings. The summed E-state index contributed by atoms with van der Waals surface area (Å²) in [5.74, 6) is 0.729. The fraction of sp³-hybridized carbons (Fsp3) is 0.421. The lowest BCUT2D eigenvalue weighted by molar-refractivity contribution is 0.0535. The zero-order valence-corrected chi connectivity index (χ0v) is 14.6. The molecule has 0 saturated carbocycles. The van der Waals surface area contributed by atoms with Crippen molar-refractivity contribution in [1.82, 2.24) is 14.8 Å². The molecule has 2 saturated heterocycles. The summed E-state index contributed by atoms with van der Waals surface area (Å²) in [5.41, 5.74) is 1.21. The zero-order valence-electron chi connectivity index (χ0n) is 14.6. The van der Waals surface area contributed by atoms with Crippen LogP contribution < -0.4 is 4.90 Å². The van der Waals surface area contributed by atoms with Crippen molar-refractivity contribution >= 4 is 17.6 Å². The molecule has 0 aromatic carbocycles. The summed E-state index contributed by atoms with van der Waals surface area (Å²) in [6.45, 7) is 3.99. The molecule has 4 rings (SSSR count). The van der Waals surface area contributed by atoms with Crippen LogP contribution in [0.4, 0.5) is 5.82 Å². The third kappa shape index (κ3) is 3.16. The van der Waals surface area contributed by atoms with Crippen molar-refractivity contribution in [3.8, 4) is 0 Å². The van der Waals surface area contributed by atoms with Crippen molar-refractivity contribution in [3.63, 3.8) is 0 Å². The first-order valence-corrected chi connectivity index (χ1v) is 9.05. The lowest BCUT2D eigenvalue weighted by Crippen LogP contribution is -2.50. The molecule has 0 unspecified atom stereocenters. The molecule has 136 valence electrons. The molecule has 4 heterocycles. The molecule has 0 bridgehead atoms. The van der Waals surface area contributed by atoms with Gasteiger partial charge >= 0.3 is 0 Å². The van der Waals surface area contributed by atoms with Crippen LogP contribution in [0.3, 0.4) is 0 Å². The maximum atomic E-state index is 13.0. The summed E-state index contributed by atoms with van der Waals surface area (Å²) in [7, 11) is 0. The molecule has 2 aliphatic heterocycles. The third-order valence-electron chi connectivity index (χ3n) is 5.04. The first kappa shape index (κ1) is 16.6. The van der Waals surface area contributed by atoms with E-state index in [-0.39, 0.29) is 11.8 Å². The number of anilines is 1. The zero-order chi connectivity index (χ0) is 17.9. The first-order chi connectivity index (χ1) is 12.7. The van der Waals surface area contributed by atoms with Crippen molar-refractivity contribution in [2.75, 3.05) is 44.2 Å². The van der Waals surface area contributed by atoms with E-state index in [4.69, 9.17) is 4.42 Å². The van der Waals surface area contributed by atoms with Crippen LogP contribution in [0.2, 0.25) is 0 Å². The number of amides is 2. The van der Waals surface area contributed by atoms with Crippen molar-refractivity contribution in [2.24, 2.45) is 0 Å².